The summed E-state index contributed by atoms with van der Waals surface area (Å²) in [5.74, 6) is 0. The van der Waals surface area contributed by atoms with Gasteiger partial charge in [0, 0.05) is 50.0 Å². The zero-order valence-corrected chi connectivity index (χ0v) is 13.6. The van der Waals surface area contributed by atoms with E-state index < -0.39 is 0 Å². The first-order valence-electron chi connectivity index (χ1n) is 7.19. The van der Waals surface area contributed by atoms with E-state index in [-0.39, 0.29) is 0 Å². The van der Waals surface area contributed by atoms with Crippen LogP contribution >= 0.6 is 11.3 Å². The average Bonchev–Trinajstić information content (AvgIpc) is 2.87. The van der Waals surface area contributed by atoms with Gasteiger partial charge in [0.25, 0.3) is 0 Å². The number of rotatable bonds is 9. The van der Waals surface area contributed by atoms with Crippen LogP contribution < -0.4 is 5.73 Å². The molecular formula is C16H24N2O2S. The van der Waals surface area contributed by atoms with Crippen LogP contribution in [0, 0.1) is 0 Å². The molecule has 0 aliphatic rings. The van der Waals surface area contributed by atoms with Crippen LogP contribution in [0.25, 0.3) is 10.1 Å². The summed E-state index contributed by atoms with van der Waals surface area (Å²) in [4.78, 5) is 3.64. The van der Waals surface area contributed by atoms with Crippen molar-refractivity contribution < 1.29 is 9.47 Å². The van der Waals surface area contributed by atoms with Crippen molar-refractivity contribution >= 4 is 21.4 Å². The second kappa shape index (κ2) is 8.46. The van der Waals surface area contributed by atoms with Gasteiger partial charge in [0.05, 0.1) is 13.2 Å². The lowest BCUT2D eigenvalue weighted by Crippen LogP contribution is -2.30. The van der Waals surface area contributed by atoms with E-state index in [2.05, 4.69) is 29.2 Å². The van der Waals surface area contributed by atoms with Gasteiger partial charge in [-0.3, -0.25) is 4.90 Å². The minimum absolute atomic E-state index is 0.594. The number of ether oxygens (including phenoxy) is 2. The molecule has 2 rings (SSSR count). The molecule has 0 atom stereocenters. The lowest BCUT2D eigenvalue weighted by atomic mass is 10.1. The fourth-order valence-electron chi connectivity index (χ4n) is 2.42. The maximum Gasteiger partial charge on any atom is 0.0589 e. The SMILES string of the molecule is COCCN(CCOC)Cc1c(CN)sc2ccccc12. The Labute approximate surface area is 130 Å². The normalized spacial score (nSPS) is 11.6. The fraction of sp³-hybridized carbons (Fsp3) is 0.500. The highest BCUT2D eigenvalue weighted by Gasteiger charge is 2.14. The number of thiophene rings is 1. The van der Waals surface area contributed by atoms with Gasteiger partial charge in [0.15, 0.2) is 0 Å². The van der Waals surface area contributed by atoms with Gasteiger partial charge in [0.2, 0.25) is 0 Å². The van der Waals surface area contributed by atoms with Crippen LogP contribution in [0.3, 0.4) is 0 Å². The fourth-order valence-corrected chi connectivity index (χ4v) is 3.52. The molecular weight excluding hydrogens is 284 g/mol. The first kappa shape index (κ1) is 16.4. The first-order valence-corrected chi connectivity index (χ1v) is 8.01. The molecule has 0 fully saturated rings. The Bertz CT molecular complexity index is 548. The first-order chi connectivity index (χ1) is 10.3. The number of hydrogen-bond donors (Lipinski definition) is 1. The maximum atomic E-state index is 5.93. The summed E-state index contributed by atoms with van der Waals surface area (Å²) in [6.45, 7) is 4.73. The van der Waals surface area contributed by atoms with Crippen LogP contribution in [0.2, 0.25) is 0 Å². The lowest BCUT2D eigenvalue weighted by molar-refractivity contribution is 0.110. The summed E-state index contributed by atoms with van der Waals surface area (Å²) in [7, 11) is 3.47. The van der Waals surface area contributed by atoms with Crippen molar-refractivity contribution in [1.29, 1.82) is 0 Å². The molecule has 1 heterocycles. The third-order valence-corrected chi connectivity index (χ3v) is 4.81. The van der Waals surface area contributed by atoms with E-state index in [9.17, 15) is 0 Å². The highest BCUT2D eigenvalue weighted by molar-refractivity contribution is 7.19. The molecule has 0 saturated carbocycles. The Balaban J connectivity index is 2.21. The predicted molar refractivity (Wildman–Crippen MR) is 88.7 cm³/mol. The zero-order valence-electron chi connectivity index (χ0n) is 12.8. The Hall–Kier alpha value is -0.980. The van der Waals surface area contributed by atoms with Crippen molar-refractivity contribution in [1.82, 2.24) is 4.90 Å². The van der Waals surface area contributed by atoms with Crippen molar-refractivity contribution in [2.75, 3.05) is 40.5 Å². The smallest absolute Gasteiger partial charge is 0.0589 e. The van der Waals surface area contributed by atoms with Gasteiger partial charge in [-0.25, -0.2) is 0 Å². The summed E-state index contributed by atoms with van der Waals surface area (Å²) >= 11 is 1.80. The molecule has 21 heavy (non-hydrogen) atoms. The van der Waals surface area contributed by atoms with E-state index in [4.69, 9.17) is 15.2 Å². The topological polar surface area (TPSA) is 47.7 Å². The molecule has 0 unspecified atom stereocenters. The Morgan fingerprint density at radius 2 is 1.76 bits per heavy atom. The van der Waals surface area contributed by atoms with E-state index in [1.54, 1.807) is 25.6 Å². The highest BCUT2D eigenvalue weighted by Crippen LogP contribution is 2.31. The molecule has 0 saturated heterocycles. The van der Waals surface area contributed by atoms with Gasteiger partial charge in [-0.15, -0.1) is 11.3 Å². The standard InChI is InChI=1S/C16H24N2O2S/c1-19-9-7-18(8-10-20-2)12-14-13-5-3-4-6-15(13)21-16(14)11-17/h3-6H,7-12,17H2,1-2H3. The molecule has 116 valence electrons. The summed E-state index contributed by atoms with van der Waals surface area (Å²) in [5.41, 5.74) is 7.29. The number of nitrogens with two attached hydrogens (primary N) is 1. The average molecular weight is 308 g/mol. The van der Waals surface area contributed by atoms with Gasteiger partial charge < -0.3 is 15.2 Å². The number of methoxy groups -OCH3 is 2. The van der Waals surface area contributed by atoms with Crippen LogP contribution in [-0.4, -0.2) is 45.4 Å². The summed E-state index contributed by atoms with van der Waals surface area (Å²) in [6.07, 6.45) is 0. The third kappa shape index (κ3) is 4.25. The molecule has 0 amide bonds. The molecule has 4 nitrogen and oxygen atoms in total. The van der Waals surface area contributed by atoms with Crippen molar-refractivity contribution in [3.8, 4) is 0 Å². The quantitative estimate of drug-likeness (QED) is 0.773. The molecule has 0 radical (unpaired) electrons. The molecule has 1 aromatic heterocycles. The largest absolute Gasteiger partial charge is 0.383 e. The Kier molecular flexibility index (Phi) is 6.60. The highest BCUT2D eigenvalue weighted by atomic mass is 32.1. The zero-order chi connectivity index (χ0) is 15.1. The molecule has 0 bridgehead atoms. The Morgan fingerprint density at radius 1 is 1.10 bits per heavy atom. The Morgan fingerprint density at radius 3 is 2.38 bits per heavy atom. The molecule has 0 aliphatic carbocycles. The molecule has 5 heteroatoms. The van der Waals surface area contributed by atoms with Gasteiger partial charge in [-0.2, -0.15) is 0 Å². The lowest BCUT2D eigenvalue weighted by Gasteiger charge is -2.22. The molecule has 0 aliphatic heterocycles. The van der Waals surface area contributed by atoms with Crippen LogP contribution in [0.15, 0.2) is 24.3 Å². The minimum Gasteiger partial charge on any atom is -0.383 e. The molecule has 0 spiro atoms. The van der Waals surface area contributed by atoms with Crippen LogP contribution in [0.5, 0.6) is 0 Å². The van der Waals surface area contributed by atoms with Crippen molar-refractivity contribution in [2.45, 2.75) is 13.1 Å². The van der Waals surface area contributed by atoms with Crippen molar-refractivity contribution in [3.63, 3.8) is 0 Å². The van der Waals surface area contributed by atoms with E-state index in [0.717, 1.165) is 32.8 Å². The molecule has 1 aromatic carbocycles. The third-order valence-electron chi connectivity index (χ3n) is 3.57. The van der Waals surface area contributed by atoms with Crippen LogP contribution in [0.4, 0.5) is 0 Å². The summed E-state index contributed by atoms with van der Waals surface area (Å²) in [5, 5.41) is 1.32. The van der Waals surface area contributed by atoms with Crippen molar-refractivity contribution in [3.05, 3.63) is 34.7 Å². The van der Waals surface area contributed by atoms with Crippen molar-refractivity contribution in [2.24, 2.45) is 5.73 Å². The van der Waals surface area contributed by atoms with Gasteiger partial charge in [-0.1, -0.05) is 18.2 Å². The molecule has 2 N–H and O–H groups in total. The predicted octanol–water partition coefficient (Wildman–Crippen LogP) is 2.45. The minimum atomic E-state index is 0.594. The van der Waals surface area contributed by atoms with Crippen LogP contribution in [0.1, 0.15) is 10.4 Å². The van der Waals surface area contributed by atoms with Crippen LogP contribution in [-0.2, 0) is 22.6 Å². The maximum absolute atomic E-state index is 5.93. The van der Waals surface area contributed by atoms with Gasteiger partial charge in [0.1, 0.15) is 0 Å². The summed E-state index contributed by atoms with van der Waals surface area (Å²) < 4.78 is 11.7. The van der Waals surface area contributed by atoms with Gasteiger partial charge in [-0.05, 0) is 17.0 Å². The van der Waals surface area contributed by atoms with E-state index in [1.807, 2.05) is 0 Å². The van der Waals surface area contributed by atoms with E-state index >= 15 is 0 Å². The second-order valence-corrected chi connectivity index (χ2v) is 6.10. The number of benzene rings is 1. The van der Waals surface area contributed by atoms with Gasteiger partial charge >= 0.3 is 0 Å². The number of nitrogens with zero attached hydrogens (tertiary/aromatic N) is 1. The van der Waals surface area contributed by atoms with E-state index in [1.165, 1.54) is 20.5 Å². The summed E-state index contributed by atoms with van der Waals surface area (Å²) in [6, 6.07) is 8.52. The number of hydrogen-bond acceptors (Lipinski definition) is 5. The number of fused-ring (bicyclic) bond motifs is 1. The monoisotopic (exact) mass is 308 g/mol. The molecule has 2 aromatic rings. The second-order valence-electron chi connectivity index (χ2n) is 4.97. The van der Waals surface area contributed by atoms with E-state index in [0.29, 0.717) is 6.54 Å².